The highest BCUT2D eigenvalue weighted by Gasteiger charge is 2.12. The van der Waals surface area contributed by atoms with E-state index in [1.807, 2.05) is 13.8 Å². The number of carbonyl (C=O) groups excluding carboxylic acids is 1. The van der Waals surface area contributed by atoms with Gasteiger partial charge < -0.3 is 5.32 Å². The Morgan fingerprint density at radius 1 is 1.35 bits per heavy atom. The Kier molecular flexibility index (Phi) is 6.29. The average molecular weight is 319 g/mol. The minimum atomic E-state index is -3.43. The molecule has 0 aliphatic heterocycles. The molecule has 0 radical (unpaired) electrons. The molecule has 0 atom stereocenters. The zero-order valence-corrected chi connectivity index (χ0v) is 13.1. The molecule has 0 fully saturated rings. The van der Waals surface area contributed by atoms with E-state index in [0.29, 0.717) is 17.7 Å². The smallest absolute Gasteiger partial charge is 0.251 e. The van der Waals surface area contributed by atoms with Crippen molar-refractivity contribution in [3.63, 3.8) is 0 Å². The molecular formula is C13H19ClN2O3S. The van der Waals surface area contributed by atoms with Gasteiger partial charge in [0.2, 0.25) is 10.0 Å². The van der Waals surface area contributed by atoms with Crippen molar-refractivity contribution < 1.29 is 13.2 Å². The molecule has 0 bridgehead atoms. The first-order valence-electron chi connectivity index (χ1n) is 6.31. The topological polar surface area (TPSA) is 75.3 Å². The van der Waals surface area contributed by atoms with Crippen molar-refractivity contribution in [3.05, 3.63) is 29.8 Å². The van der Waals surface area contributed by atoms with Gasteiger partial charge in [0.25, 0.3) is 5.91 Å². The summed E-state index contributed by atoms with van der Waals surface area (Å²) >= 11 is 5.48. The van der Waals surface area contributed by atoms with Crippen LogP contribution in [0.4, 0.5) is 5.69 Å². The number of alkyl halides is 1. The highest BCUT2D eigenvalue weighted by Crippen LogP contribution is 2.13. The van der Waals surface area contributed by atoms with Crippen LogP contribution in [-0.2, 0) is 10.0 Å². The summed E-state index contributed by atoms with van der Waals surface area (Å²) in [6.45, 7) is 3.72. The molecule has 1 aromatic carbocycles. The lowest BCUT2D eigenvalue weighted by molar-refractivity contribution is 0.0943. The van der Waals surface area contributed by atoms with Crippen LogP contribution in [0.2, 0.25) is 0 Å². The van der Waals surface area contributed by atoms with Gasteiger partial charge in [0, 0.05) is 23.2 Å². The molecule has 0 unspecified atom stereocenters. The van der Waals surface area contributed by atoms with Crippen LogP contribution >= 0.6 is 11.6 Å². The van der Waals surface area contributed by atoms with E-state index in [4.69, 9.17) is 11.6 Å². The molecule has 0 aromatic heterocycles. The Morgan fingerprint density at radius 3 is 2.65 bits per heavy atom. The van der Waals surface area contributed by atoms with E-state index in [0.717, 1.165) is 0 Å². The quantitative estimate of drug-likeness (QED) is 0.757. The number of amides is 1. The van der Waals surface area contributed by atoms with E-state index < -0.39 is 10.0 Å². The van der Waals surface area contributed by atoms with Gasteiger partial charge in [-0.1, -0.05) is 6.07 Å². The maximum absolute atomic E-state index is 11.8. The van der Waals surface area contributed by atoms with Crippen molar-refractivity contribution in [2.45, 2.75) is 26.3 Å². The molecule has 1 amide bonds. The molecule has 1 rings (SSSR count). The summed E-state index contributed by atoms with van der Waals surface area (Å²) in [5.41, 5.74) is 0.784. The Bertz CT molecular complexity index is 558. The maximum atomic E-state index is 11.8. The molecule has 0 saturated heterocycles. The monoisotopic (exact) mass is 318 g/mol. The number of sulfonamides is 1. The third-order valence-electron chi connectivity index (χ3n) is 2.36. The van der Waals surface area contributed by atoms with Crippen LogP contribution < -0.4 is 10.0 Å². The standard InChI is InChI=1S/C13H19ClN2O3S/c1-10(2)15-13(17)11-5-3-6-12(9-11)16-20(18,19)8-4-7-14/h3,5-6,9-10,16H,4,7-8H2,1-2H3,(H,15,17). The molecule has 0 saturated carbocycles. The molecule has 112 valence electrons. The van der Waals surface area contributed by atoms with Crippen molar-refractivity contribution >= 4 is 33.2 Å². The summed E-state index contributed by atoms with van der Waals surface area (Å²) in [6, 6.07) is 6.40. The van der Waals surface area contributed by atoms with Crippen LogP contribution in [0, 0.1) is 0 Å². The third-order valence-corrected chi connectivity index (χ3v) is 4.00. The molecule has 5 nitrogen and oxygen atoms in total. The van der Waals surface area contributed by atoms with Crippen LogP contribution in [0.15, 0.2) is 24.3 Å². The fourth-order valence-corrected chi connectivity index (χ4v) is 2.95. The highest BCUT2D eigenvalue weighted by atomic mass is 35.5. The van der Waals surface area contributed by atoms with Crippen LogP contribution in [-0.4, -0.2) is 32.0 Å². The van der Waals surface area contributed by atoms with Crippen molar-refractivity contribution in [1.29, 1.82) is 0 Å². The van der Waals surface area contributed by atoms with Gasteiger partial charge in [0.15, 0.2) is 0 Å². The molecule has 1 aromatic rings. The number of halogens is 1. The number of rotatable bonds is 7. The highest BCUT2D eigenvalue weighted by molar-refractivity contribution is 7.92. The van der Waals surface area contributed by atoms with Crippen LogP contribution in [0.3, 0.4) is 0 Å². The third kappa shape index (κ3) is 5.79. The summed E-state index contributed by atoms with van der Waals surface area (Å²) < 4.78 is 25.9. The number of hydrogen-bond donors (Lipinski definition) is 2. The Labute approximate surface area is 124 Å². The number of hydrogen-bond acceptors (Lipinski definition) is 3. The van der Waals surface area contributed by atoms with E-state index in [9.17, 15) is 13.2 Å². The lowest BCUT2D eigenvalue weighted by Crippen LogP contribution is -2.30. The van der Waals surface area contributed by atoms with Gasteiger partial charge in [-0.15, -0.1) is 11.6 Å². The number of nitrogens with one attached hydrogen (secondary N) is 2. The number of benzene rings is 1. The maximum Gasteiger partial charge on any atom is 0.251 e. The van der Waals surface area contributed by atoms with Gasteiger partial charge >= 0.3 is 0 Å². The minimum Gasteiger partial charge on any atom is -0.350 e. The molecule has 0 aliphatic carbocycles. The average Bonchev–Trinajstić information content (AvgIpc) is 2.35. The SMILES string of the molecule is CC(C)NC(=O)c1cccc(NS(=O)(=O)CCCCl)c1. The molecular weight excluding hydrogens is 300 g/mol. The van der Waals surface area contributed by atoms with Crippen LogP contribution in [0.1, 0.15) is 30.6 Å². The van der Waals surface area contributed by atoms with Gasteiger partial charge in [-0.2, -0.15) is 0 Å². The molecule has 0 aliphatic rings. The van der Waals surface area contributed by atoms with E-state index >= 15 is 0 Å². The summed E-state index contributed by atoms with van der Waals surface area (Å²) in [6.07, 6.45) is 0.379. The van der Waals surface area contributed by atoms with Gasteiger partial charge in [0.05, 0.1) is 5.75 Å². The number of anilines is 1. The van der Waals surface area contributed by atoms with E-state index in [2.05, 4.69) is 10.0 Å². The largest absolute Gasteiger partial charge is 0.350 e. The molecule has 0 heterocycles. The lowest BCUT2D eigenvalue weighted by Gasteiger charge is -2.11. The summed E-state index contributed by atoms with van der Waals surface area (Å²) in [4.78, 5) is 11.8. The van der Waals surface area contributed by atoms with Crippen molar-refractivity contribution in [2.75, 3.05) is 16.4 Å². The Balaban J connectivity index is 2.81. The fraction of sp³-hybridized carbons (Fsp3) is 0.462. The predicted octanol–water partition coefficient (Wildman–Crippen LogP) is 2.20. The van der Waals surface area contributed by atoms with Gasteiger partial charge in [-0.05, 0) is 38.5 Å². The first-order chi connectivity index (χ1) is 9.34. The zero-order chi connectivity index (χ0) is 15.2. The second-order valence-corrected chi connectivity index (χ2v) is 6.89. The number of carbonyl (C=O) groups is 1. The zero-order valence-electron chi connectivity index (χ0n) is 11.5. The van der Waals surface area contributed by atoms with Gasteiger partial charge in [-0.25, -0.2) is 8.42 Å². The predicted molar refractivity (Wildman–Crippen MR) is 81.8 cm³/mol. The summed E-state index contributed by atoms with van der Waals surface area (Å²) in [7, 11) is -3.43. The second-order valence-electron chi connectivity index (χ2n) is 4.67. The Morgan fingerprint density at radius 2 is 2.05 bits per heavy atom. The van der Waals surface area contributed by atoms with Gasteiger partial charge in [0.1, 0.15) is 0 Å². The first-order valence-corrected chi connectivity index (χ1v) is 8.50. The van der Waals surface area contributed by atoms with Gasteiger partial charge in [-0.3, -0.25) is 9.52 Å². The van der Waals surface area contributed by atoms with Crippen molar-refractivity contribution in [3.8, 4) is 0 Å². The summed E-state index contributed by atoms with van der Waals surface area (Å²) in [5.74, 6) is 0.0122. The van der Waals surface area contributed by atoms with E-state index in [-0.39, 0.29) is 23.6 Å². The molecule has 0 spiro atoms. The minimum absolute atomic E-state index is 0.0200. The first kappa shape index (κ1) is 16.8. The van der Waals surface area contributed by atoms with E-state index in [1.165, 1.54) is 6.07 Å². The van der Waals surface area contributed by atoms with Crippen LogP contribution in [0.5, 0.6) is 0 Å². The van der Waals surface area contributed by atoms with Crippen molar-refractivity contribution in [1.82, 2.24) is 5.32 Å². The summed E-state index contributed by atoms with van der Waals surface area (Å²) in [5, 5.41) is 2.75. The molecule has 2 N–H and O–H groups in total. The Hall–Kier alpha value is -1.27. The van der Waals surface area contributed by atoms with Crippen molar-refractivity contribution in [2.24, 2.45) is 0 Å². The normalized spacial score (nSPS) is 11.4. The fourth-order valence-electron chi connectivity index (χ4n) is 1.54. The molecule has 20 heavy (non-hydrogen) atoms. The molecule has 7 heteroatoms. The van der Waals surface area contributed by atoms with Crippen LogP contribution in [0.25, 0.3) is 0 Å². The second kappa shape index (κ2) is 7.50. The van der Waals surface area contributed by atoms with E-state index in [1.54, 1.807) is 18.2 Å². The lowest BCUT2D eigenvalue weighted by atomic mass is 10.2.